The quantitative estimate of drug-likeness (QED) is 0.875. The second kappa shape index (κ2) is 5.43. The van der Waals surface area contributed by atoms with E-state index in [4.69, 9.17) is 5.11 Å². The molecule has 1 aliphatic heterocycles. The van der Waals surface area contributed by atoms with Crippen LogP contribution in [-0.4, -0.2) is 17.0 Å². The number of hydrogen-bond donors (Lipinski definition) is 2. The van der Waals surface area contributed by atoms with Gasteiger partial charge in [-0.3, -0.25) is 9.59 Å². The molecule has 1 amide bonds. The van der Waals surface area contributed by atoms with Crippen molar-refractivity contribution in [2.75, 3.05) is 5.32 Å². The van der Waals surface area contributed by atoms with Gasteiger partial charge in [-0.15, -0.1) is 0 Å². The van der Waals surface area contributed by atoms with Gasteiger partial charge in [0.1, 0.15) is 0 Å². The van der Waals surface area contributed by atoms with Crippen molar-refractivity contribution in [1.29, 1.82) is 0 Å². The molecule has 0 spiro atoms. The van der Waals surface area contributed by atoms with Crippen molar-refractivity contribution in [3.63, 3.8) is 0 Å². The van der Waals surface area contributed by atoms with E-state index in [1.807, 2.05) is 32.0 Å². The number of aliphatic carboxylic acids is 1. The number of carbonyl (C=O) groups excluding carboxylic acids is 1. The molecule has 0 saturated heterocycles. The molecule has 0 aliphatic carbocycles. The van der Waals surface area contributed by atoms with Gasteiger partial charge < -0.3 is 10.4 Å². The highest BCUT2D eigenvalue weighted by atomic mass is 16.4. The van der Waals surface area contributed by atoms with Gasteiger partial charge in [0.05, 0.1) is 6.42 Å². The minimum absolute atomic E-state index is 0.0143. The van der Waals surface area contributed by atoms with Gasteiger partial charge in [-0.05, 0) is 35.4 Å². The summed E-state index contributed by atoms with van der Waals surface area (Å²) in [4.78, 5) is 22.3. The fourth-order valence-electron chi connectivity index (χ4n) is 2.56. The average molecular weight is 261 g/mol. The standard InChI is InChI=1S/C15H19NO3/c1-9(2)12(8-15(18)19)10-3-5-13-11(7-10)4-6-14(17)16-13/h3,5,7,9,12H,4,6,8H2,1-2H3,(H,16,17)(H,18,19). The minimum Gasteiger partial charge on any atom is -0.481 e. The third-order valence-corrected chi connectivity index (χ3v) is 3.65. The Morgan fingerprint density at radius 3 is 2.74 bits per heavy atom. The van der Waals surface area contributed by atoms with Crippen LogP contribution < -0.4 is 5.32 Å². The summed E-state index contributed by atoms with van der Waals surface area (Å²) >= 11 is 0. The highest BCUT2D eigenvalue weighted by Crippen LogP contribution is 2.32. The molecule has 1 atom stereocenters. The Hall–Kier alpha value is -1.84. The molecule has 4 nitrogen and oxygen atoms in total. The number of amides is 1. The monoisotopic (exact) mass is 261 g/mol. The summed E-state index contributed by atoms with van der Waals surface area (Å²) in [7, 11) is 0. The van der Waals surface area contributed by atoms with Crippen molar-refractivity contribution in [1.82, 2.24) is 0 Å². The second-order valence-electron chi connectivity index (χ2n) is 5.41. The van der Waals surface area contributed by atoms with Gasteiger partial charge in [-0.25, -0.2) is 0 Å². The molecular formula is C15H19NO3. The molecule has 1 aromatic rings. The number of nitrogens with one attached hydrogen (secondary N) is 1. The van der Waals surface area contributed by atoms with Crippen LogP contribution in [0.3, 0.4) is 0 Å². The topological polar surface area (TPSA) is 66.4 Å². The van der Waals surface area contributed by atoms with Gasteiger partial charge >= 0.3 is 5.97 Å². The van der Waals surface area contributed by atoms with Crippen LogP contribution in [0.1, 0.15) is 43.7 Å². The summed E-state index contributed by atoms with van der Waals surface area (Å²) in [5.74, 6) is -0.441. The molecule has 1 aromatic carbocycles. The number of anilines is 1. The molecule has 2 N–H and O–H groups in total. The van der Waals surface area contributed by atoms with Gasteiger partial charge in [0.2, 0.25) is 5.91 Å². The van der Waals surface area contributed by atoms with Gasteiger partial charge in [-0.2, -0.15) is 0 Å². The zero-order valence-corrected chi connectivity index (χ0v) is 11.3. The number of benzene rings is 1. The molecule has 0 radical (unpaired) electrons. The van der Waals surface area contributed by atoms with Crippen molar-refractivity contribution in [3.05, 3.63) is 29.3 Å². The summed E-state index contributed by atoms with van der Waals surface area (Å²) in [6, 6.07) is 5.86. The van der Waals surface area contributed by atoms with E-state index in [0.717, 1.165) is 23.2 Å². The number of hydrogen-bond acceptors (Lipinski definition) is 2. The predicted octanol–water partition coefficient (Wildman–Crippen LogP) is 2.79. The van der Waals surface area contributed by atoms with Crippen molar-refractivity contribution in [2.24, 2.45) is 5.92 Å². The third kappa shape index (κ3) is 3.13. The highest BCUT2D eigenvalue weighted by molar-refractivity contribution is 5.93. The lowest BCUT2D eigenvalue weighted by molar-refractivity contribution is -0.137. The lowest BCUT2D eigenvalue weighted by atomic mass is 9.84. The molecule has 0 fully saturated rings. The number of carboxylic acid groups (broad SMARTS) is 1. The van der Waals surface area contributed by atoms with E-state index in [-0.39, 0.29) is 24.2 Å². The zero-order valence-electron chi connectivity index (χ0n) is 11.3. The van der Waals surface area contributed by atoms with Crippen molar-refractivity contribution >= 4 is 17.6 Å². The van der Waals surface area contributed by atoms with E-state index >= 15 is 0 Å². The molecule has 1 unspecified atom stereocenters. The maximum atomic E-state index is 11.3. The van der Waals surface area contributed by atoms with E-state index < -0.39 is 5.97 Å². The number of aryl methyl sites for hydroxylation is 1. The number of fused-ring (bicyclic) bond motifs is 1. The third-order valence-electron chi connectivity index (χ3n) is 3.65. The van der Waals surface area contributed by atoms with Crippen LogP contribution in [0.25, 0.3) is 0 Å². The first-order chi connectivity index (χ1) is 8.97. The van der Waals surface area contributed by atoms with Gasteiger partial charge in [0, 0.05) is 12.1 Å². The Balaban J connectivity index is 2.29. The first-order valence-corrected chi connectivity index (χ1v) is 6.62. The fourth-order valence-corrected chi connectivity index (χ4v) is 2.56. The van der Waals surface area contributed by atoms with Crippen LogP contribution >= 0.6 is 0 Å². The Kier molecular flexibility index (Phi) is 3.88. The lowest BCUT2D eigenvalue weighted by Crippen LogP contribution is -2.20. The molecule has 0 saturated carbocycles. The number of rotatable bonds is 4. The van der Waals surface area contributed by atoms with Crippen molar-refractivity contribution < 1.29 is 14.7 Å². The molecule has 102 valence electrons. The second-order valence-corrected chi connectivity index (χ2v) is 5.41. The van der Waals surface area contributed by atoms with E-state index in [9.17, 15) is 9.59 Å². The van der Waals surface area contributed by atoms with E-state index in [0.29, 0.717) is 6.42 Å². The summed E-state index contributed by atoms with van der Waals surface area (Å²) < 4.78 is 0. The normalized spacial score (nSPS) is 15.8. The van der Waals surface area contributed by atoms with E-state index in [2.05, 4.69) is 5.32 Å². The molecule has 0 bridgehead atoms. The molecule has 4 heteroatoms. The largest absolute Gasteiger partial charge is 0.481 e. The predicted molar refractivity (Wildman–Crippen MR) is 73.2 cm³/mol. The zero-order chi connectivity index (χ0) is 14.0. The van der Waals surface area contributed by atoms with Gasteiger partial charge in [-0.1, -0.05) is 26.0 Å². The van der Waals surface area contributed by atoms with E-state index in [1.54, 1.807) is 0 Å². The van der Waals surface area contributed by atoms with Crippen LogP contribution in [0.15, 0.2) is 18.2 Å². The Morgan fingerprint density at radius 1 is 1.37 bits per heavy atom. The maximum Gasteiger partial charge on any atom is 0.303 e. The first kappa shape index (κ1) is 13.6. The summed E-state index contributed by atoms with van der Waals surface area (Å²) in [5.41, 5.74) is 3.01. The molecule has 2 rings (SSSR count). The number of carbonyl (C=O) groups is 2. The van der Waals surface area contributed by atoms with Crippen LogP contribution in [0.5, 0.6) is 0 Å². The molecule has 1 heterocycles. The first-order valence-electron chi connectivity index (χ1n) is 6.62. The summed E-state index contributed by atoms with van der Waals surface area (Å²) in [6.07, 6.45) is 1.37. The summed E-state index contributed by atoms with van der Waals surface area (Å²) in [6.45, 7) is 4.07. The fraction of sp³-hybridized carbons (Fsp3) is 0.467. The average Bonchev–Trinajstić information content (AvgIpc) is 2.35. The van der Waals surface area contributed by atoms with Gasteiger partial charge in [0.15, 0.2) is 0 Å². The van der Waals surface area contributed by atoms with Crippen LogP contribution in [0.2, 0.25) is 0 Å². The maximum absolute atomic E-state index is 11.3. The van der Waals surface area contributed by atoms with Crippen molar-refractivity contribution in [2.45, 2.75) is 39.0 Å². The smallest absolute Gasteiger partial charge is 0.303 e. The van der Waals surface area contributed by atoms with Crippen molar-refractivity contribution in [3.8, 4) is 0 Å². The SMILES string of the molecule is CC(C)C(CC(=O)O)c1ccc2c(c1)CCC(=O)N2. The Morgan fingerprint density at radius 2 is 2.11 bits per heavy atom. The number of carboxylic acids is 1. The Bertz CT molecular complexity index is 508. The minimum atomic E-state index is -0.773. The van der Waals surface area contributed by atoms with E-state index in [1.165, 1.54) is 0 Å². The lowest BCUT2D eigenvalue weighted by Gasteiger charge is -2.23. The summed E-state index contributed by atoms with van der Waals surface area (Å²) in [5, 5.41) is 11.9. The van der Waals surface area contributed by atoms with Crippen LogP contribution in [-0.2, 0) is 16.0 Å². The highest BCUT2D eigenvalue weighted by Gasteiger charge is 2.22. The molecular weight excluding hydrogens is 242 g/mol. The van der Waals surface area contributed by atoms with Gasteiger partial charge in [0.25, 0.3) is 0 Å². The molecule has 1 aliphatic rings. The molecule has 0 aromatic heterocycles. The van der Waals surface area contributed by atoms with Crippen LogP contribution in [0, 0.1) is 5.92 Å². The van der Waals surface area contributed by atoms with Crippen LogP contribution in [0.4, 0.5) is 5.69 Å². The Labute approximate surface area is 112 Å². The molecule has 19 heavy (non-hydrogen) atoms.